The van der Waals surface area contributed by atoms with Crippen LogP contribution in [0.5, 0.6) is 0 Å². The first-order valence-electron chi connectivity index (χ1n) is 7.26. The smallest absolute Gasteiger partial charge is 0.245 e. The number of hydrogen-bond acceptors (Lipinski definition) is 3. The van der Waals surface area contributed by atoms with Gasteiger partial charge in [-0.3, -0.25) is 9.59 Å². The molecule has 0 radical (unpaired) electrons. The maximum Gasteiger partial charge on any atom is 0.245 e. The maximum atomic E-state index is 12.7. The SMILES string of the molecule is CCC(C(=O)N(CC)Cc1ccoc1)N1CCCC1=O. The van der Waals surface area contributed by atoms with Crippen molar-refractivity contribution >= 4 is 11.8 Å². The zero-order chi connectivity index (χ0) is 14.5. The maximum absolute atomic E-state index is 12.7. The Balaban J connectivity index is 2.07. The molecule has 0 spiro atoms. The van der Waals surface area contributed by atoms with Crippen LogP contribution in [0.15, 0.2) is 23.0 Å². The number of hydrogen-bond donors (Lipinski definition) is 0. The van der Waals surface area contributed by atoms with Gasteiger partial charge in [-0.15, -0.1) is 0 Å². The van der Waals surface area contributed by atoms with E-state index in [0.29, 0.717) is 32.5 Å². The Morgan fingerprint density at radius 2 is 2.30 bits per heavy atom. The van der Waals surface area contributed by atoms with E-state index < -0.39 is 0 Å². The second kappa shape index (κ2) is 6.59. The number of likely N-dealkylation sites (tertiary alicyclic amines) is 1. The van der Waals surface area contributed by atoms with E-state index in [1.807, 2.05) is 19.9 Å². The average molecular weight is 278 g/mol. The van der Waals surface area contributed by atoms with Gasteiger partial charge in [0.25, 0.3) is 0 Å². The van der Waals surface area contributed by atoms with Gasteiger partial charge in [0.15, 0.2) is 0 Å². The minimum atomic E-state index is -0.322. The summed E-state index contributed by atoms with van der Waals surface area (Å²) >= 11 is 0. The normalized spacial score (nSPS) is 16.5. The molecule has 0 aliphatic carbocycles. The van der Waals surface area contributed by atoms with Gasteiger partial charge in [0.2, 0.25) is 11.8 Å². The summed E-state index contributed by atoms with van der Waals surface area (Å²) in [5.41, 5.74) is 0.975. The van der Waals surface area contributed by atoms with E-state index in [1.165, 1.54) is 0 Å². The fourth-order valence-electron chi connectivity index (χ4n) is 2.69. The molecule has 110 valence electrons. The molecule has 1 unspecified atom stereocenters. The Labute approximate surface area is 119 Å². The van der Waals surface area contributed by atoms with Crippen LogP contribution < -0.4 is 0 Å². The van der Waals surface area contributed by atoms with Crippen molar-refractivity contribution in [2.75, 3.05) is 13.1 Å². The van der Waals surface area contributed by atoms with Gasteiger partial charge >= 0.3 is 0 Å². The summed E-state index contributed by atoms with van der Waals surface area (Å²) < 4.78 is 5.04. The molecule has 1 aromatic rings. The van der Waals surface area contributed by atoms with Crippen molar-refractivity contribution < 1.29 is 14.0 Å². The molecule has 2 rings (SSSR count). The van der Waals surface area contributed by atoms with E-state index in [9.17, 15) is 9.59 Å². The molecule has 1 aliphatic heterocycles. The Morgan fingerprint density at radius 1 is 1.50 bits per heavy atom. The number of amides is 2. The van der Waals surface area contributed by atoms with E-state index >= 15 is 0 Å². The van der Waals surface area contributed by atoms with Gasteiger partial charge in [-0.2, -0.15) is 0 Å². The van der Waals surface area contributed by atoms with E-state index in [4.69, 9.17) is 4.42 Å². The highest BCUT2D eigenvalue weighted by Gasteiger charge is 2.33. The highest BCUT2D eigenvalue weighted by Crippen LogP contribution is 2.18. The Morgan fingerprint density at radius 3 is 2.80 bits per heavy atom. The van der Waals surface area contributed by atoms with Crippen molar-refractivity contribution in [3.63, 3.8) is 0 Å². The Bertz CT molecular complexity index is 456. The van der Waals surface area contributed by atoms with E-state index in [1.54, 1.807) is 22.3 Å². The molecular formula is C15H22N2O3. The fraction of sp³-hybridized carbons (Fsp3) is 0.600. The molecule has 0 aromatic carbocycles. The van der Waals surface area contributed by atoms with Crippen LogP contribution in [0.1, 0.15) is 38.7 Å². The van der Waals surface area contributed by atoms with Gasteiger partial charge in [0.05, 0.1) is 12.5 Å². The molecule has 2 amide bonds. The van der Waals surface area contributed by atoms with E-state index in [-0.39, 0.29) is 17.9 Å². The number of likely N-dealkylation sites (N-methyl/N-ethyl adjacent to an activating group) is 1. The molecule has 1 saturated heterocycles. The molecule has 1 aromatic heterocycles. The van der Waals surface area contributed by atoms with Crippen molar-refractivity contribution in [1.29, 1.82) is 0 Å². The molecule has 5 heteroatoms. The zero-order valence-corrected chi connectivity index (χ0v) is 12.2. The van der Waals surface area contributed by atoms with Crippen molar-refractivity contribution in [2.24, 2.45) is 0 Å². The monoisotopic (exact) mass is 278 g/mol. The minimum Gasteiger partial charge on any atom is -0.472 e. The van der Waals surface area contributed by atoms with Crippen LogP contribution >= 0.6 is 0 Å². The molecule has 5 nitrogen and oxygen atoms in total. The lowest BCUT2D eigenvalue weighted by molar-refractivity contribution is -0.144. The third-order valence-corrected chi connectivity index (χ3v) is 3.80. The van der Waals surface area contributed by atoms with E-state index in [0.717, 1.165) is 12.0 Å². The summed E-state index contributed by atoms with van der Waals surface area (Å²) in [5.74, 6) is 0.135. The molecule has 0 N–H and O–H groups in total. The lowest BCUT2D eigenvalue weighted by Crippen LogP contribution is -2.48. The van der Waals surface area contributed by atoms with Gasteiger partial charge < -0.3 is 14.2 Å². The van der Waals surface area contributed by atoms with Gasteiger partial charge in [0, 0.05) is 31.6 Å². The van der Waals surface area contributed by atoms with Gasteiger partial charge in [0.1, 0.15) is 6.04 Å². The van der Waals surface area contributed by atoms with Crippen LogP contribution in [0.4, 0.5) is 0 Å². The van der Waals surface area contributed by atoms with Gasteiger partial charge in [-0.1, -0.05) is 6.92 Å². The first kappa shape index (κ1) is 14.6. The van der Waals surface area contributed by atoms with Gasteiger partial charge in [-0.25, -0.2) is 0 Å². The predicted octanol–water partition coefficient (Wildman–Crippen LogP) is 2.03. The van der Waals surface area contributed by atoms with Crippen LogP contribution in [-0.4, -0.2) is 40.7 Å². The quantitative estimate of drug-likeness (QED) is 0.800. The van der Waals surface area contributed by atoms with E-state index in [2.05, 4.69) is 0 Å². The molecule has 1 fully saturated rings. The summed E-state index contributed by atoms with van der Waals surface area (Å²) in [7, 11) is 0. The number of carbonyl (C=O) groups excluding carboxylic acids is 2. The molecule has 1 aliphatic rings. The number of nitrogens with zero attached hydrogens (tertiary/aromatic N) is 2. The van der Waals surface area contributed by atoms with Crippen LogP contribution in [0.25, 0.3) is 0 Å². The first-order valence-corrected chi connectivity index (χ1v) is 7.26. The van der Waals surface area contributed by atoms with Crippen molar-refractivity contribution in [3.8, 4) is 0 Å². The van der Waals surface area contributed by atoms with Crippen LogP contribution in [0, 0.1) is 0 Å². The zero-order valence-electron chi connectivity index (χ0n) is 12.2. The molecule has 0 bridgehead atoms. The number of furan rings is 1. The third kappa shape index (κ3) is 3.03. The first-order chi connectivity index (χ1) is 9.67. The van der Waals surface area contributed by atoms with Gasteiger partial charge in [-0.05, 0) is 25.8 Å². The highest BCUT2D eigenvalue weighted by molar-refractivity contribution is 5.88. The summed E-state index contributed by atoms with van der Waals surface area (Å²) in [5, 5.41) is 0. The standard InChI is InChI=1S/C15H22N2O3/c1-3-13(17-8-5-6-14(17)18)15(19)16(4-2)10-12-7-9-20-11-12/h7,9,11,13H,3-6,8,10H2,1-2H3. The second-order valence-electron chi connectivity index (χ2n) is 5.10. The predicted molar refractivity (Wildman–Crippen MR) is 74.8 cm³/mol. The summed E-state index contributed by atoms with van der Waals surface area (Å²) in [4.78, 5) is 28.0. The van der Waals surface area contributed by atoms with Crippen molar-refractivity contribution in [1.82, 2.24) is 9.80 Å². The number of rotatable bonds is 6. The van der Waals surface area contributed by atoms with Crippen molar-refractivity contribution in [2.45, 2.75) is 45.7 Å². The molecule has 1 atom stereocenters. The topological polar surface area (TPSA) is 53.8 Å². The van der Waals surface area contributed by atoms with Crippen LogP contribution in [-0.2, 0) is 16.1 Å². The largest absolute Gasteiger partial charge is 0.472 e. The summed E-state index contributed by atoms with van der Waals surface area (Å²) in [6, 6.07) is 1.54. The third-order valence-electron chi connectivity index (χ3n) is 3.80. The lowest BCUT2D eigenvalue weighted by Gasteiger charge is -2.31. The Kier molecular flexibility index (Phi) is 4.82. The average Bonchev–Trinajstić information content (AvgIpc) is 3.09. The summed E-state index contributed by atoms with van der Waals surface area (Å²) in [6.45, 7) is 5.77. The van der Waals surface area contributed by atoms with Crippen LogP contribution in [0.2, 0.25) is 0 Å². The molecule has 2 heterocycles. The number of carbonyl (C=O) groups is 2. The summed E-state index contributed by atoms with van der Waals surface area (Å²) in [6.07, 6.45) is 5.34. The van der Waals surface area contributed by atoms with Crippen molar-refractivity contribution in [3.05, 3.63) is 24.2 Å². The molecule has 20 heavy (non-hydrogen) atoms. The minimum absolute atomic E-state index is 0.0338. The highest BCUT2D eigenvalue weighted by atomic mass is 16.3. The second-order valence-corrected chi connectivity index (χ2v) is 5.10. The molecular weight excluding hydrogens is 256 g/mol. The molecule has 0 saturated carbocycles. The fourth-order valence-corrected chi connectivity index (χ4v) is 2.69. The Hall–Kier alpha value is -1.78. The van der Waals surface area contributed by atoms with Crippen LogP contribution in [0.3, 0.4) is 0 Å². The lowest BCUT2D eigenvalue weighted by atomic mass is 10.1.